The Balaban J connectivity index is 1.81. The van der Waals surface area contributed by atoms with Gasteiger partial charge in [0, 0.05) is 4.88 Å². The normalized spacial score (nSPS) is 21.9. The zero-order valence-corrected chi connectivity index (χ0v) is 11.5. The van der Waals surface area contributed by atoms with Crippen molar-refractivity contribution < 1.29 is 0 Å². The molecule has 1 heterocycles. The molecule has 3 heteroatoms. The molecule has 0 aliphatic heterocycles. The topological polar surface area (TPSA) is 24.9 Å². The molecule has 1 fully saturated rings. The van der Waals surface area contributed by atoms with E-state index in [1.807, 2.05) is 11.3 Å². The van der Waals surface area contributed by atoms with Gasteiger partial charge in [0.2, 0.25) is 0 Å². The molecule has 94 valence electrons. The van der Waals surface area contributed by atoms with Crippen LogP contribution in [0.25, 0.3) is 0 Å². The number of hydrogen-bond acceptors (Lipinski definition) is 3. The molecule has 2 nitrogen and oxygen atoms in total. The first kappa shape index (κ1) is 11.7. The maximum atomic E-state index is 4.91. The third-order valence-corrected chi connectivity index (χ3v) is 5.41. The molecular formula is C14H22N2S. The Labute approximate surface area is 108 Å². The van der Waals surface area contributed by atoms with E-state index < -0.39 is 0 Å². The van der Waals surface area contributed by atoms with E-state index in [4.69, 9.17) is 4.98 Å². The third kappa shape index (κ3) is 2.27. The Kier molecular flexibility index (Phi) is 3.48. The van der Waals surface area contributed by atoms with Crippen LogP contribution in [-0.2, 0) is 12.8 Å². The summed E-state index contributed by atoms with van der Waals surface area (Å²) in [6, 6.07) is 0.540. The van der Waals surface area contributed by atoms with E-state index >= 15 is 0 Å². The van der Waals surface area contributed by atoms with Crippen molar-refractivity contribution >= 4 is 11.3 Å². The fraction of sp³-hybridized carbons (Fsp3) is 0.786. The van der Waals surface area contributed by atoms with E-state index in [1.54, 1.807) is 4.88 Å². The monoisotopic (exact) mass is 250 g/mol. The lowest BCUT2D eigenvalue weighted by atomic mass is 9.98. The molecule has 1 unspecified atom stereocenters. The second kappa shape index (κ2) is 5.07. The fourth-order valence-corrected chi connectivity index (χ4v) is 4.63. The van der Waals surface area contributed by atoms with Gasteiger partial charge in [0.1, 0.15) is 5.01 Å². The Morgan fingerprint density at radius 2 is 2.12 bits per heavy atom. The first-order valence-electron chi connectivity index (χ1n) is 7.10. The molecule has 0 spiro atoms. The average Bonchev–Trinajstić information content (AvgIpc) is 3.01. The summed E-state index contributed by atoms with van der Waals surface area (Å²) in [5.41, 5.74) is 1.41. The minimum atomic E-state index is 0.540. The van der Waals surface area contributed by atoms with Crippen molar-refractivity contribution in [2.75, 3.05) is 6.54 Å². The summed E-state index contributed by atoms with van der Waals surface area (Å²) in [7, 11) is 0. The number of thiazole rings is 1. The number of nitrogens with zero attached hydrogens (tertiary/aromatic N) is 1. The quantitative estimate of drug-likeness (QED) is 0.885. The van der Waals surface area contributed by atoms with Gasteiger partial charge in [-0.3, -0.25) is 0 Å². The number of nitrogens with one attached hydrogen (secondary N) is 1. The molecule has 1 saturated carbocycles. The minimum Gasteiger partial charge on any atom is -0.308 e. The SMILES string of the molecule is CCNC(c1nc2c(s1)CCC2)C1CCCC1. The zero-order chi connectivity index (χ0) is 11.7. The molecule has 1 aromatic heterocycles. The molecule has 1 N–H and O–H groups in total. The number of rotatable bonds is 4. The maximum absolute atomic E-state index is 4.91. The zero-order valence-electron chi connectivity index (χ0n) is 10.7. The highest BCUT2D eigenvalue weighted by molar-refractivity contribution is 7.11. The summed E-state index contributed by atoms with van der Waals surface area (Å²) >= 11 is 1.98. The van der Waals surface area contributed by atoms with Gasteiger partial charge in [-0.25, -0.2) is 4.98 Å². The first-order valence-corrected chi connectivity index (χ1v) is 7.92. The summed E-state index contributed by atoms with van der Waals surface area (Å²) in [5.74, 6) is 0.834. The molecule has 0 aromatic carbocycles. The van der Waals surface area contributed by atoms with Crippen molar-refractivity contribution in [3.63, 3.8) is 0 Å². The van der Waals surface area contributed by atoms with Crippen LogP contribution >= 0.6 is 11.3 Å². The molecule has 3 rings (SSSR count). The summed E-state index contributed by atoms with van der Waals surface area (Å²) in [5, 5.41) is 5.06. The molecule has 0 saturated heterocycles. The van der Waals surface area contributed by atoms with E-state index in [2.05, 4.69) is 12.2 Å². The van der Waals surface area contributed by atoms with Crippen molar-refractivity contribution in [3.05, 3.63) is 15.6 Å². The average molecular weight is 250 g/mol. The molecule has 1 aromatic rings. The molecule has 2 aliphatic carbocycles. The number of aromatic nitrogens is 1. The summed E-state index contributed by atoms with van der Waals surface area (Å²) in [6.45, 7) is 3.27. The second-order valence-electron chi connectivity index (χ2n) is 5.36. The molecular weight excluding hydrogens is 228 g/mol. The molecule has 2 aliphatic rings. The van der Waals surface area contributed by atoms with Crippen molar-refractivity contribution in [2.45, 2.75) is 57.9 Å². The van der Waals surface area contributed by atoms with Crippen LogP contribution in [0.2, 0.25) is 0 Å². The third-order valence-electron chi connectivity index (χ3n) is 4.17. The first-order chi connectivity index (χ1) is 8.38. The van der Waals surface area contributed by atoms with Crippen LogP contribution in [0.15, 0.2) is 0 Å². The Hall–Kier alpha value is -0.410. The lowest BCUT2D eigenvalue weighted by Crippen LogP contribution is -2.26. The number of hydrogen-bond donors (Lipinski definition) is 1. The van der Waals surface area contributed by atoms with E-state index in [1.165, 1.54) is 55.6 Å². The highest BCUT2D eigenvalue weighted by Gasteiger charge is 2.29. The van der Waals surface area contributed by atoms with Crippen LogP contribution in [0.3, 0.4) is 0 Å². The summed E-state index contributed by atoms with van der Waals surface area (Å²) in [4.78, 5) is 6.48. The van der Waals surface area contributed by atoms with E-state index in [0.29, 0.717) is 6.04 Å². The molecule has 17 heavy (non-hydrogen) atoms. The Bertz CT molecular complexity index is 358. The van der Waals surface area contributed by atoms with E-state index in [-0.39, 0.29) is 0 Å². The predicted molar refractivity (Wildman–Crippen MR) is 72.5 cm³/mol. The van der Waals surface area contributed by atoms with Crippen LogP contribution in [-0.4, -0.2) is 11.5 Å². The number of fused-ring (bicyclic) bond motifs is 1. The highest BCUT2D eigenvalue weighted by atomic mass is 32.1. The van der Waals surface area contributed by atoms with Crippen LogP contribution in [0.1, 0.15) is 60.6 Å². The lowest BCUT2D eigenvalue weighted by Gasteiger charge is -2.22. The summed E-state index contributed by atoms with van der Waals surface area (Å²) < 4.78 is 0. The molecule has 0 bridgehead atoms. The Morgan fingerprint density at radius 3 is 2.82 bits per heavy atom. The maximum Gasteiger partial charge on any atom is 0.110 e. The van der Waals surface area contributed by atoms with Crippen molar-refractivity contribution in [2.24, 2.45) is 5.92 Å². The lowest BCUT2D eigenvalue weighted by molar-refractivity contribution is 0.373. The molecule has 0 amide bonds. The van der Waals surface area contributed by atoms with Gasteiger partial charge in [-0.2, -0.15) is 0 Å². The standard InChI is InChI=1S/C14H22N2S/c1-2-15-13(10-6-3-4-7-10)14-16-11-8-5-9-12(11)17-14/h10,13,15H,2-9H2,1H3. The van der Waals surface area contributed by atoms with E-state index in [0.717, 1.165) is 12.5 Å². The van der Waals surface area contributed by atoms with Gasteiger partial charge < -0.3 is 5.32 Å². The van der Waals surface area contributed by atoms with Crippen LogP contribution in [0, 0.1) is 5.92 Å². The molecule has 1 atom stereocenters. The van der Waals surface area contributed by atoms with Crippen molar-refractivity contribution in [1.29, 1.82) is 0 Å². The number of aryl methyl sites for hydroxylation is 2. The van der Waals surface area contributed by atoms with Gasteiger partial charge in [-0.05, 0) is 44.6 Å². The van der Waals surface area contributed by atoms with Crippen LogP contribution in [0.5, 0.6) is 0 Å². The fourth-order valence-electron chi connectivity index (χ4n) is 3.31. The van der Waals surface area contributed by atoms with E-state index in [9.17, 15) is 0 Å². The van der Waals surface area contributed by atoms with Gasteiger partial charge in [0.25, 0.3) is 0 Å². The van der Waals surface area contributed by atoms with Gasteiger partial charge in [0.15, 0.2) is 0 Å². The second-order valence-corrected chi connectivity index (χ2v) is 6.47. The summed E-state index contributed by atoms with van der Waals surface area (Å²) in [6.07, 6.45) is 9.43. The molecule has 0 radical (unpaired) electrons. The minimum absolute atomic E-state index is 0.540. The van der Waals surface area contributed by atoms with Crippen LogP contribution in [0.4, 0.5) is 0 Å². The van der Waals surface area contributed by atoms with Gasteiger partial charge >= 0.3 is 0 Å². The van der Waals surface area contributed by atoms with Gasteiger partial charge in [-0.15, -0.1) is 11.3 Å². The van der Waals surface area contributed by atoms with Gasteiger partial charge in [0.05, 0.1) is 11.7 Å². The van der Waals surface area contributed by atoms with Crippen LogP contribution < -0.4 is 5.32 Å². The van der Waals surface area contributed by atoms with Crippen molar-refractivity contribution in [1.82, 2.24) is 10.3 Å². The predicted octanol–water partition coefficient (Wildman–Crippen LogP) is 3.47. The smallest absolute Gasteiger partial charge is 0.110 e. The van der Waals surface area contributed by atoms with Crippen molar-refractivity contribution in [3.8, 4) is 0 Å². The van der Waals surface area contributed by atoms with Gasteiger partial charge in [-0.1, -0.05) is 19.8 Å². The highest BCUT2D eigenvalue weighted by Crippen LogP contribution is 2.39. The largest absolute Gasteiger partial charge is 0.308 e. The Morgan fingerprint density at radius 1 is 1.29 bits per heavy atom.